The van der Waals surface area contributed by atoms with E-state index in [1.807, 2.05) is 0 Å². The lowest BCUT2D eigenvalue weighted by molar-refractivity contribution is -0.286. The molecular formula is C12H27O10P. The average Bonchev–Trinajstić information content (AvgIpc) is 2.53. The number of methoxy groups -OCH3 is 2. The Balaban J connectivity index is 3.72. The molecule has 10 nitrogen and oxygen atoms in total. The summed E-state index contributed by atoms with van der Waals surface area (Å²) in [5, 5.41) is 0. The molecule has 0 aliphatic heterocycles. The van der Waals surface area contributed by atoms with Crippen molar-refractivity contribution in [1.82, 2.24) is 0 Å². The Morgan fingerprint density at radius 3 is 1.52 bits per heavy atom. The Bertz CT molecular complexity index is 269. The highest BCUT2D eigenvalue weighted by Crippen LogP contribution is 2.49. The van der Waals surface area contributed by atoms with Gasteiger partial charge in [0.1, 0.15) is 13.2 Å². The number of ether oxygens (including phenoxy) is 4. The van der Waals surface area contributed by atoms with Crippen LogP contribution in [0, 0.1) is 0 Å². The maximum atomic E-state index is 12.0. The van der Waals surface area contributed by atoms with Crippen molar-refractivity contribution in [3.8, 4) is 0 Å². The minimum atomic E-state index is -3.95. The second-order valence-electron chi connectivity index (χ2n) is 3.87. The van der Waals surface area contributed by atoms with E-state index >= 15 is 0 Å². The fourth-order valence-corrected chi connectivity index (χ4v) is 1.93. The summed E-state index contributed by atoms with van der Waals surface area (Å²) in [6.45, 7) is 4.09. The summed E-state index contributed by atoms with van der Waals surface area (Å²) in [5.74, 6) is 0. The Morgan fingerprint density at radius 1 is 0.696 bits per heavy atom. The summed E-state index contributed by atoms with van der Waals surface area (Å²) < 4.78 is 46.1. The first-order valence-corrected chi connectivity index (χ1v) is 8.65. The Morgan fingerprint density at radius 2 is 1.13 bits per heavy atom. The van der Waals surface area contributed by atoms with Crippen LogP contribution in [0.3, 0.4) is 0 Å². The Hall–Kier alpha value is -0.130. The third-order valence-corrected chi connectivity index (χ3v) is 3.21. The summed E-state index contributed by atoms with van der Waals surface area (Å²) in [4.78, 5) is 9.47. The van der Waals surface area contributed by atoms with Gasteiger partial charge in [0.05, 0.1) is 46.2 Å². The van der Waals surface area contributed by atoms with Crippen LogP contribution >= 0.6 is 7.82 Å². The second kappa shape index (κ2) is 16.7. The molecule has 0 aromatic heterocycles. The van der Waals surface area contributed by atoms with E-state index in [9.17, 15) is 4.57 Å². The van der Waals surface area contributed by atoms with Gasteiger partial charge in [-0.05, 0) is 6.92 Å². The zero-order valence-electron chi connectivity index (χ0n) is 13.9. The van der Waals surface area contributed by atoms with Gasteiger partial charge in [-0.3, -0.25) is 4.52 Å². The minimum absolute atomic E-state index is 0.0459. The van der Waals surface area contributed by atoms with Gasteiger partial charge in [0.2, 0.25) is 0 Å². The molecule has 0 aliphatic carbocycles. The van der Waals surface area contributed by atoms with Gasteiger partial charge in [-0.1, -0.05) is 0 Å². The van der Waals surface area contributed by atoms with E-state index in [1.165, 1.54) is 0 Å². The van der Waals surface area contributed by atoms with Gasteiger partial charge in [-0.15, -0.1) is 9.35 Å². The van der Waals surface area contributed by atoms with Gasteiger partial charge in [0.15, 0.2) is 0 Å². The van der Waals surface area contributed by atoms with E-state index in [0.29, 0.717) is 26.4 Å². The molecule has 0 aromatic carbocycles. The normalized spacial score (nSPS) is 12.0. The molecule has 0 unspecified atom stereocenters. The average molecular weight is 362 g/mol. The van der Waals surface area contributed by atoms with Gasteiger partial charge in [-0.2, -0.15) is 0 Å². The zero-order valence-corrected chi connectivity index (χ0v) is 14.8. The molecule has 140 valence electrons. The van der Waals surface area contributed by atoms with E-state index in [2.05, 4.69) is 9.35 Å². The maximum absolute atomic E-state index is 12.0. The van der Waals surface area contributed by atoms with Crippen LogP contribution in [0.15, 0.2) is 0 Å². The molecule has 0 radical (unpaired) electrons. The molecule has 0 heterocycles. The summed E-state index contributed by atoms with van der Waals surface area (Å²) in [6.07, 6.45) is 0. The van der Waals surface area contributed by atoms with E-state index in [-0.39, 0.29) is 33.0 Å². The standard InChI is InChI=1S/C12H27O10P/c1-4-20-23(13,21-18-11-9-16-7-5-14-2)22-19-12-10-17-8-6-15-3/h4-12H2,1-3H3. The molecule has 0 amide bonds. The lowest BCUT2D eigenvalue weighted by Crippen LogP contribution is -2.11. The zero-order chi connectivity index (χ0) is 17.2. The molecule has 0 aromatic rings. The van der Waals surface area contributed by atoms with E-state index in [1.54, 1.807) is 21.1 Å². The Labute approximate surface area is 136 Å². The molecule has 0 atom stereocenters. The molecule has 0 rings (SSSR count). The van der Waals surface area contributed by atoms with Crippen molar-refractivity contribution in [2.75, 3.05) is 73.7 Å². The van der Waals surface area contributed by atoms with Crippen molar-refractivity contribution in [3.05, 3.63) is 0 Å². The number of hydrogen-bond acceptors (Lipinski definition) is 10. The lowest BCUT2D eigenvalue weighted by atomic mass is 10.7. The summed E-state index contributed by atoms with van der Waals surface area (Å²) in [6, 6.07) is 0. The molecule has 0 fully saturated rings. The van der Waals surface area contributed by atoms with Gasteiger partial charge >= 0.3 is 7.82 Å². The first kappa shape index (κ1) is 22.9. The maximum Gasteiger partial charge on any atom is 0.529 e. The quantitative estimate of drug-likeness (QED) is 0.154. The third kappa shape index (κ3) is 15.2. The predicted molar refractivity (Wildman–Crippen MR) is 78.7 cm³/mol. The molecule has 0 spiro atoms. The Kier molecular flexibility index (Phi) is 16.6. The molecule has 11 heteroatoms. The minimum Gasteiger partial charge on any atom is -0.382 e. The fourth-order valence-electron chi connectivity index (χ4n) is 1.09. The molecule has 0 saturated carbocycles. The van der Waals surface area contributed by atoms with Crippen LogP contribution in [0.1, 0.15) is 6.92 Å². The fraction of sp³-hybridized carbons (Fsp3) is 1.00. The SMILES string of the molecule is CCOP(=O)(OOCCOCCOC)OOCCOCCOC. The van der Waals surface area contributed by atoms with Crippen molar-refractivity contribution in [2.45, 2.75) is 6.92 Å². The largest absolute Gasteiger partial charge is 0.529 e. The highest BCUT2D eigenvalue weighted by Gasteiger charge is 2.29. The molecular weight excluding hydrogens is 335 g/mol. The van der Waals surface area contributed by atoms with E-state index < -0.39 is 7.82 Å². The van der Waals surface area contributed by atoms with Crippen LogP contribution in [0.4, 0.5) is 0 Å². The first-order valence-electron chi connectivity index (χ1n) is 7.19. The van der Waals surface area contributed by atoms with Gasteiger partial charge in [0.25, 0.3) is 0 Å². The van der Waals surface area contributed by atoms with E-state index in [4.69, 9.17) is 33.2 Å². The topological polar surface area (TPSA) is 100 Å². The van der Waals surface area contributed by atoms with Gasteiger partial charge in [0, 0.05) is 14.2 Å². The van der Waals surface area contributed by atoms with Crippen LogP contribution < -0.4 is 0 Å². The highest BCUT2D eigenvalue weighted by atomic mass is 31.2. The van der Waals surface area contributed by atoms with Crippen molar-refractivity contribution < 1.29 is 47.2 Å². The van der Waals surface area contributed by atoms with Crippen molar-refractivity contribution in [3.63, 3.8) is 0 Å². The smallest absolute Gasteiger partial charge is 0.382 e. The summed E-state index contributed by atoms with van der Waals surface area (Å²) in [7, 11) is -0.806. The van der Waals surface area contributed by atoms with Crippen LogP contribution in [0.2, 0.25) is 0 Å². The third-order valence-electron chi connectivity index (χ3n) is 2.06. The number of rotatable bonds is 18. The number of hydrogen-bond donors (Lipinski definition) is 0. The van der Waals surface area contributed by atoms with Gasteiger partial charge in [-0.25, -0.2) is 14.3 Å². The molecule has 0 N–H and O–H groups in total. The first-order chi connectivity index (χ1) is 11.2. The van der Waals surface area contributed by atoms with E-state index in [0.717, 1.165) is 0 Å². The molecule has 0 saturated heterocycles. The number of phosphoric acid groups is 1. The summed E-state index contributed by atoms with van der Waals surface area (Å²) >= 11 is 0. The second-order valence-corrected chi connectivity index (χ2v) is 5.32. The predicted octanol–water partition coefficient (Wildman–Crippen LogP) is 1.35. The molecule has 0 aliphatic rings. The van der Waals surface area contributed by atoms with Gasteiger partial charge < -0.3 is 18.9 Å². The van der Waals surface area contributed by atoms with Crippen LogP contribution in [-0.2, 0) is 47.2 Å². The highest BCUT2D eigenvalue weighted by molar-refractivity contribution is 7.48. The lowest BCUT2D eigenvalue weighted by Gasteiger charge is -2.14. The van der Waals surface area contributed by atoms with Crippen LogP contribution in [0.25, 0.3) is 0 Å². The van der Waals surface area contributed by atoms with Crippen molar-refractivity contribution >= 4 is 7.82 Å². The van der Waals surface area contributed by atoms with Crippen LogP contribution in [-0.4, -0.2) is 73.7 Å². The van der Waals surface area contributed by atoms with Crippen molar-refractivity contribution in [2.24, 2.45) is 0 Å². The monoisotopic (exact) mass is 362 g/mol. The van der Waals surface area contributed by atoms with Crippen molar-refractivity contribution in [1.29, 1.82) is 0 Å². The van der Waals surface area contributed by atoms with Crippen LogP contribution in [0.5, 0.6) is 0 Å². The molecule has 0 bridgehead atoms. The summed E-state index contributed by atoms with van der Waals surface area (Å²) in [5.41, 5.74) is 0. The molecule has 23 heavy (non-hydrogen) atoms.